The highest BCUT2D eigenvalue weighted by Crippen LogP contribution is 2.36. The van der Waals surface area contributed by atoms with E-state index in [1.54, 1.807) is 0 Å². The van der Waals surface area contributed by atoms with Gasteiger partial charge in [0.1, 0.15) is 5.82 Å². The van der Waals surface area contributed by atoms with Gasteiger partial charge in [-0.3, -0.25) is 0 Å². The van der Waals surface area contributed by atoms with Gasteiger partial charge in [0.2, 0.25) is 0 Å². The van der Waals surface area contributed by atoms with Crippen LogP contribution in [0.1, 0.15) is 33.3 Å². The second kappa shape index (κ2) is 5.55. The van der Waals surface area contributed by atoms with Gasteiger partial charge in [0.15, 0.2) is 0 Å². The summed E-state index contributed by atoms with van der Waals surface area (Å²) in [6.45, 7) is 10.3. The predicted octanol–water partition coefficient (Wildman–Crippen LogP) is 2.18. The van der Waals surface area contributed by atoms with Crippen molar-refractivity contribution in [1.82, 2.24) is 4.98 Å². The summed E-state index contributed by atoms with van der Waals surface area (Å²) in [6.07, 6.45) is 1.85. The van der Waals surface area contributed by atoms with Crippen LogP contribution in [0.5, 0.6) is 0 Å². The lowest BCUT2D eigenvalue weighted by atomic mass is 9.77. The number of hydrogen-bond donors (Lipinski definition) is 0. The number of nitrogens with zero attached hydrogens (tertiary/aromatic N) is 2. The van der Waals surface area contributed by atoms with Crippen LogP contribution in [0.15, 0.2) is 12.3 Å². The van der Waals surface area contributed by atoms with E-state index in [-0.39, 0.29) is 30.7 Å². The number of halogens is 1. The molecule has 2 rings (SSSR count). The van der Waals surface area contributed by atoms with E-state index in [2.05, 4.69) is 45.7 Å². The summed E-state index contributed by atoms with van der Waals surface area (Å²) in [5.74, 6) is 0.942. The first-order valence-corrected chi connectivity index (χ1v) is 6.63. The summed E-state index contributed by atoms with van der Waals surface area (Å²) in [5, 5.41) is 0. The van der Waals surface area contributed by atoms with Gasteiger partial charge in [-0.15, -0.1) is 12.4 Å². The van der Waals surface area contributed by atoms with Crippen LogP contribution in [0.25, 0.3) is 0 Å². The van der Waals surface area contributed by atoms with Crippen LogP contribution >= 0.6 is 12.4 Å². The Morgan fingerprint density at radius 2 is 1.60 bits per heavy atom. The number of anilines is 1. The highest BCUT2D eigenvalue weighted by molar-refractivity contribution is 6.62. The maximum absolute atomic E-state index is 6.06. The van der Waals surface area contributed by atoms with Crippen molar-refractivity contribution in [2.75, 3.05) is 19.0 Å². The Kier molecular flexibility index (Phi) is 4.79. The summed E-state index contributed by atoms with van der Waals surface area (Å²) in [7, 11) is 3.63. The van der Waals surface area contributed by atoms with Gasteiger partial charge in [-0.05, 0) is 46.2 Å². The van der Waals surface area contributed by atoms with Crippen molar-refractivity contribution in [1.29, 1.82) is 0 Å². The lowest BCUT2D eigenvalue weighted by molar-refractivity contribution is 0.00578. The SMILES string of the molecule is Cc1cc(N(C)C)ncc1B1OC(C)(C)C(C)(C)O1.Cl. The molecule has 1 saturated heterocycles. The van der Waals surface area contributed by atoms with Gasteiger partial charge in [-0.2, -0.15) is 0 Å². The molecule has 0 aliphatic carbocycles. The Balaban J connectivity index is 0.00000200. The molecule has 0 atom stereocenters. The third kappa shape index (κ3) is 2.95. The van der Waals surface area contributed by atoms with Crippen LogP contribution in [-0.2, 0) is 9.31 Å². The molecular formula is C14H24BClN2O2. The Bertz CT molecular complexity index is 476. The second-order valence-corrected chi connectivity index (χ2v) is 6.38. The largest absolute Gasteiger partial charge is 0.496 e. The van der Waals surface area contributed by atoms with Crippen molar-refractivity contribution >= 4 is 30.8 Å². The molecule has 20 heavy (non-hydrogen) atoms. The molecule has 0 N–H and O–H groups in total. The van der Waals surface area contributed by atoms with Crippen LogP contribution < -0.4 is 10.4 Å². The van der Waals surface area contributed by atoms with Gasteiger partial charge < -0.3 is 14.2 Å². The summed E-state index contributed by atoms with van der Waals surface area (Å²) in [4.78, 5) is 6.43. The molecule has 0 unspecified atom stereocenters. The van der Waals surface area contributed by atoms with Crippen molar-refractivity contribution in [3.05, 3.63) is 17.8 Å². The molecule has 0 saturated carbocycles. The van der Waals surface area contributed by atoms with Gasteiger partial charge >= 0.3 is 7.12 Å². The molecule has 2 heterocycles. The highest BCUT2D eigenvalue weighted by Gasteiger charge is 2.52. The number of rotatable bonds is 2. The molecule has 0 amide bonds. The van der Waals surface area contributed by atoms with Crippen LogP contribution in [0, 0.1) is 6.92 Å². The van der Waals surface area contributed by atoms with Crippen molar-refractivity contribution in [3.8, 4) is 0 Å². The topological polar surface area (TPSA) is 34.6 Å². The molecule has 0 bridgehead atoms. The number of aryl methyl sites for hydroxylation is 1. The van der Waals surface area contributed by atoms with Crippen LogP contribution in [0.3, 0.4) is 0 Å². The van der Waals surface area contributed by atoms with E-state index in [0.717, 1.165) is 16.8 Å². The van der Waals surface area contributed by atoms with Crippen molar-refractivity contribution in [3.63, 3.8) is 0 Å². The fraction of sp³-hybridized carbons (Fsp3) is 0.643. The molecule has 0 radical (unpaired) electrons. The standard InChI is InChI=1S/C14H23BN2O2.ClH/c1-10-8-12(17(6)7)16-9-11(10)15-18-13(2,3)14(4,5)19-15;/h8-9H,1-7H3;1H. The first kappa shape index (κ1) is 17.3. The zero-order valence-electron chi connectivity index (χ0n) is 13.4. The quantitative estimate of drug-likeness (QED) is 0.784. The van der Waals surface area contributed by atoms with E-state index in [1.807, 2.05) is 25.2 Å². The molecule has 1 aromatic rings. The molecule has 0 aromatic carbocycles. The lowest BCUT2D eigenvalue weighted by Crippen LogP contribution is -2.41. The van der Waals surface area contributed by atoms with E-state index in [1.165, 1.54) is 0 Å². The fourth-order valence-corrected chi connectivity index (χ4v) is 2.01. The maximum Gasteiger partial charge on any atom is 0.496 e. The first-order chi connectivity index (χ1) is 8.64. The average molecular weight is 299 g/mol. The van der Waals surface area contributed by atoms with Crippen molar-refractivity contribution in [2.45, 2.75) is 45.8 Å². The molecule has 6 heteroatoms. The molecule has 112 valence electrons. The van der Waals surface area contributed by atoms with Gasteiger partial charge in [-0.1, -0.05) is 0 Å². The van der Waals surface area contributed by atoms with E-state index < -0.39 is 0 Å². The Hall–Kier alpha value is -0.775. The summed E-state index contributed by atoms with van der Waals surface area (Å²) < 4.78 is 12.1. The van der Waals surface area contributed by atoms with Crippen molar-refractivity contribution < 1.29 is 9.31 Å². The summed E-state index contributed by atoms with van der Waals surface area (Å²) in [5.41, 5.74) is 1.51. The zero-order valence-corrected chi connectivity index (χ0v) is 14.2. The first-order valence-electron chi connectivity index (χ1n) is 6.63. The molecule has 1 aromatic heterocycles. The third-order valence-corrected chi connectivity index (χ3v) is 4.10. The average Bonchev–Trinajstić information content (AvgIpc) is 2.47. The molecule has 1 fully saturated rings. The minimum atomic E-state index is -0.339. The Morgan fingerprint density at radius 3 is 2.00 bits per heavy atom. The van der Waals surface area contributed by atoms with Gasteiger partial charge in [0.25, 0.3) is 0 Å². The van der Waals surface area contributed by atoms with Crippen LogP contribution in [-0.4, -0.2) is 37.4 Å². The smallest absolute Gasteiger partial charge is 0.399 e. The normalized spacial score (nSPS) is 19.6. The third-order valence-electron chi connectivity index (χ3n) is 4.10. The molecular weight excluding hydrogens is 274 g/mol. The maximum atomic E-state index is 6.06. The van der Waals surface area contributed by atoms with E-state index in [4.69, 9.17) is 9.31 Å². The van der Waals surface area contributed by atoms with E-state index in [9.17, 15) is 0 Å². The highest BCUT2D eigenvalue weighted by atomic mass is 35.5. The van der Waals surface area contributed by atoms with Gasteiger partial charge in [0, 0.05) is 25.8 Å². The Morgan fingerprint density at radius 1 is 1.10 bits per heavy atom. The molecule has 1 aliphatic heterocycles. The summed E-state index contributed by atoms with van der Waals surface area (Å²) in [6, 6.07) is 2.06. The Labute approximate surface area is 128 Å². The number of pyridine rings is 1. The molecule has 1 aliphatic rings. The fourth-order valence-electron chi connectivity index (χ4n) is 2.01. The molecule has 4 nitrogen and oxygen atoms in total. The zero-order chi connectivity index (χ0) is 14.4. The van der Waals surface area contributed by atoms with Gasteiger partial charge in [0.05, 0.1) is 11.2 Å². The van der Waals surface area contributed by atoms with E-state index >= 15 is 0 Å². The minimum Gasteiger partial charge on any atom is -0.399 e. The predicted molar refractivity (Wildman–Crippen MR) is 86.3 cm³/mol. The number of hydrogen-bond acceptors (Lipinski definition) is 4. The second-order valence-electron chi connectivity index (χ2n) is 6.38. The monoisotopic (exact) mass is 298 g/mol. The summed E-state index contributed by atoms with van der Waals surface area (Å²) >= 11 is 0. The van der Waals surface area contributed by atoms with Crippen LogP contribution in [0.2, 0.25) is 0 Å². The minimum absolute atomic E-state index is 0. The van der Waals surface area contributed by atoms with Crippen molar-refractivity contribution in [2.24, 2.45) is 0 Å². The molecule has 0 spiro atoms. The van der Waals surface area contributed by atoms with Crippen LogP contribution in [0.4, 0.5) is 5.82 Å². The number of aromatic nitrogens is 1. The van der Waals surface area contributed by atoms with Gasteiger partial charge in [-0.25, -0.2) is 4.98 Å². The van der Waals surface area contributed by atoms with E-state index in [0.29, 0.717) is 0 Å². The lowest BCUT2D eigenvalue weighted by Gasteiger charge is -2.32.